The van der Waals surface area contributed by atoms with Crippen LogP contribution in [0.5, 0.6) is 0 Å². The summed E-state index contributed by atoms with van der Waals surface area (Å²) in [6.45, 7) is 1.97. The first-order chi connectivity index (χ1) is 9.65. The van der Waals surface area contributed by atoms with Crippen molar-refractivity contribution in [3.8, 4) is 0 Å². The Hall–Kier alpha value is -1.72. The summed E-state index contributed by atoms with van der Waals surface area (Å²) in [5.41, 5.74) is 2.72. The molecular formula is C15H11BrN2OS. The van der Waals surface area contributed by atoms with Gasteiger partial charge in [-0.2, -0.15) is 0 Å². The molecular weight excluding hydrogens is 336 g/mol. The van der Waals surface area contributed by atoms with Crippen LogP contribution in [0.2, 0.25) is 0 Å². The number of benzene rings is 1. The molecule has 0 saturated carbocycles. The van der Waals surface area contributed by atoms with Crippen LogP contribution in [0.15, 0.2) is 46.4 Å². The van der Waals surface area contributed by atoms with Gasteiger partial charge in [-0.3, -0.25) is 9.78 Å². The lowest BCUT2D eigenvalue weighted by atomic mass is 10.2. The zero-order valence-corrected chi connectivity index (χ0v) is 13.1. The van der Waals surface area contributed by atoms with Gasteiger partial charge in [-0.1, -0.05) is 6.07 Å². The van der Waals surface area contributed by atoms with Gasteiger partial charge in [-0.05, 0) is 58.7 Å². The molecule has 1 N–H and O–H groups in total. The van der Waals surface area contributed by atoms with Crippen LogP contribution in [0.3, 0.4) is 0 Å². The Morgan fingerprint density at radius 3 is 2.90 bits per heavy atom. The normalized spacial score (nSPS) is 10.7. The Labute approximate surface area is 128 Å². The predicted octanol–water partition coefficient (Wildman–Crippen LogP) is 4.62. The highest BCUT2D eigenvalue weighted by Gasteiger charge is 2.12. The van der Waals surface area contributed by atoms with Crippen LogP contribution in [0.4, 0.5) is 5.69 Å². The molecule has 0 fully saturated rings. The molecule has 0 saturated heterocycles. The number of hydrogen-bond acceptors (Lipinski definition) is 3. The van der Waals surface area contributed by atoms with E-state index < -0.39 is 0 Å². The van der Waals surface area contributed by atoms with Crippen LogP contribution in [0.25, 0.3) is 10.9 Å². The highest BCUT2D eigenvalue weighted by Crippen LogP contribution is 2.29. The van der Waals surface area contributed by atoms with E-state index in [-0.39, 0.29) is 5.91 Å². The van der Waals surface area contributed by atoms with E-state index in [1.807, 2.05) is 43.3 Å². The first-order valence-electron chi connectivity index (χ1n) is 6.06. The third-order valence-electron chi connectivity index (χ3n) is 2.97. The third-order valence-corrected chi connectivity index (χ3v) is 5.11. The number of anilines is 1. The second-order valence-electron chi connectivity index (χ2n) is 4.40. The van der Waals surface area contributed by atoms with Crippen molar-refractivity contribution in [1.29, 1.82) is 0 Å². The van der Waals surface area contributed by atoms with Gasteiger partial charge in [0.05, 0.1) is 19.9 Å². The molecule has 100 valence electrons. The fourth-order valence-corrected chi connectivity index (χ4v) is 3.40. The Balaban J connectivity index is 1.95. The number of carbonyl (C=O) groups excluding carboxylic acids is 1. The van der Waals surface area contributed by atoms with Crippen molar-refractivity contribution in [3.05, 3.63) is 56.8 Å². The first-order valence-corrected chi connectivity index (χ1v) is 7.67. The summed E-state index contributed by atoms with van der Waals surface area (Å²) < 4.78 is 0.988. The molecule has 0 spiro atoms. The average molecular weight is 347 g/mol. The van der Waals surface area contributed by atoms with E-state index in [1.165, 1.54) is 11.3 Å². The van der Waals surface area contributed by atoms with Gasteiger partial charge >= 0.3 is 0 Å². The van der Waals surface area contributed by atoms with Gasteiger partial charge in [0.15, 0.2) is 0 Å². The van der Waals surface area contributed by atoms with Crippen LogP contribution in [-0.2, 0) is 0 Å². The third kappa shape index (κ3) is 2.46. The lowest BCUT2D eigenvalue weighted by molar-refractivity contribution is 0.103. The molecule has 0 bridgehead atoms. The number of thiophene rings is 1. The molecule has 0 atom stereocenters. The molecule has 5 heteroatoms. The number of fused-ring (bicyclic) bond motifs is 1. The van der Waals surface area contributed by atoms with Gasteiger partial charge in [-0.25, -0.2) is 0 Å². The smallest absolute Gasteiger partial charge is 0.265 e. The SMILES string of the molecule is Cc1cc(C(=O)Nc2cccc3ncccc23)sc1Br. The van der Waals surface area contributed by atoms with E-state index in [0.717, 1.165) is 25.9 Å². The average Bonchev–Trinajstić information content (AvgIpc) is 2.79. The highest BCUT2D eigenvalue weighted by molar-refractivity contribution is 9.11. The number of hydrogen-bond donors (Lipinski definition) is 1. The van der Waals surface area contributed by atoms with Gasteiger partial charge in [0.2, 0.25) is 0 Å². The van der Waals surface area contributed by atoms with Crippen LogP contribution in [0.1, 0.15) is 15.2 Å². The van der Waals surface area contributed by atoms with Gasteiger partial charge < -0.3 is 5.32 Å². The topological polar surface area (TPSA) is 42.0 Å². The fraction of sp³-hybridized carbons (Fsp3) is 0.0667. The zero-order valence-electron chi connectivity index (χ0n) is 10.7. The molecule has 20 heavy (non-hydrogen) atoms. The summed E-state index contributed by atoms with van der Waals surface area (Å²) >= 11 is 4.87. The molecule has 2 heterocycles. The molecule has 3 aromatic rings. The summed E-state index contributed by atoms with van der Waals surface area (Å²) in [6, 6.07) is 11.4. The molecule has 1 aromatic carbocycles. The van der Waals surface area contributed by atoms with Gasteiger partial charge in [0, 0.05) is 11.6 Å². The minimum Gasteiger partial charge on any atom is -0.321 e. The summed E-state index contributed by atoms with van der Waals surface area (Å²) in [7, 11) is 0. The molecule has 3 nitrogen and oxygen atoms in total. The minimum atomic E-state index is -0.0971. The van der Waals surface area contributed by atoms with Crippen LogP contribution < -0.4 is 5.32 Å². The zero-order chi connectivity index (χ0) is 14.1. The maximum absolute atomic E-state index is 12.3. The molecule has 0 aliphatic rings. The molecule has 0 unspecified atom stereocenters. The molecule has 2 aromatic heterocycles. The largest absolute Gasteiger partial charge is 0.321 e. The van der Waals surface area contributed by atoms with Crippen molar-refractivity contribution in [1.82, 2.24) is 4.98 Å². The number of aromatic nitrogens is 1. The molecule has 1 amide bonds. The van der Waals surface area contributed by atoms with E-state index in [4.69, 9.17) is 0 Å². The van der Waals surface area contributed by atoms with Crippen molar-refractivity contribution in [3.63, 3.8) is 0 Å². The van der Waals surface area contributed by atoms with Gasteiger partial charge in [0.1, 0.15) is 0 Å². The van der Waals surface area contributed by atoms with E-state index in [0.29, 0.717) is 4.88 Å². The number of carbonyl (C=O) groups is 1. The van der Waals surface area contributed by atoms with Crippen molar-refractivity contribution in [2.45, 2.75) is 6.92 Å². The van der Waals surface area contributed by atoms with Gasteiger partial charge in [-0.15, -0.1) is 11.3 Å². The molecule has 0 radical (unpaired) electrons. The quantitative estimate of drug-likeness (QED) is 0.735. The fourth-order valence-electron chi connectivity index (χ4n) is 1.97. The maximum atomic E-state index is 12.3. The Morgan fingerprint density at radius 1 is 1.30 bits per heavy atom. The van der Waals surface area contributed by atoms with Crippen molar-refractivity contribution >= 4 is 49.8 Å². The lowest BCUT2D eigenvalue weighted by Crippen LogP contribution is -2.10. The Kier molecular flexibility index (Phi) is 3.54. The van der Waals surface area contributed by atoms with Crippen molar-refractivity contribution in [2.75, 3.05) is 5.32 Å². The summed E-state index contributed by atoms with van der Waals surface area (Å²) in [6.07, 6.45) is 1.74. The summed E-state index contributed by atoms with van der Waals surface area (Å²) in [4.78, 5) is 17.3. The van der Waals surface area contributed by atoms with E-state index >= 15 is 0 Å². The van der Waals surface area contributed by atoms with Crippen LogP contribution >= 0.6 is 27.3 Å². The molecule has 3 rings (SSSR count). The first kappa shape index (κ1) is 13.3. The number of aryl methyl sites for hydroxylation is 1. The number of pyridine rings is 1. The number of halogens is 1. The highest BCUT2D eigenvalue weighted by atomic mass is 79.9. The summed E-state index contributed by atoms with van der Waals surface area (Å²) in [5, 5.41) is 3.89. The standard InChI is InChI=1S/C15H11BrN2OS/c1-9-8-13(20-14(9)16)15(19)18-12-6-2-5-11-10(12)4-3-7-17-11/h2-8H,1H3,(H,18,19). The van der Waals surface area contributed by atoms with Crippen molar-refractivity contribution < 1.29 is 4.79 Å². The Bertz CT molecular complexity index is 773. The summed E-state index contributed by atoms with van der Waals surface area (Å²) in [5.74, 6) is -0.0971. The van der Waals surface area contributed by atoms with Crippen LogP contribution in [-0.4, -0.2) is 10.9 Å². The number of amides is 1. The van der Waals surface area contributed by atoms with E-state index in [1.54, 1.807) is 6.20 Å². The molecule has 0 aliphatic carbocycles. The second kappa shape index (κ2) is 5.34. The number of nitrogens with one attached hydrogen (secondary N) is 1. The van der Waals surface area contributed by atoms with E-state index in [2.05, 4.69) is 26.2 Å². The monoisotopic (exact) mass is 346 g/mol. The number of rotatable bonds is 2. The predicted molar refractivity (Wildman–Crippen MR) is 86.5 cm³/mol. The lowest BCUT2D eigenvalue weighted by Gasteiger charge is -2.07. The second-order valence-corrected chi connectivity index (χ2v) is 6.77. The molecule has 0 aliphatic heterocycles. The van der Waals surface area contributed by atoms with Crippen molar-refractivity contribution in [2.24, 2.45) is 0 Å². The maximum Gasteiger partial charge on any atom is 0.265 e. The van der Waals surface area contributed by atoms with Crippen LogP contribution in [0, 0.1) is 6.92 Å². The van der Waals surface area contributed by atoms with Gasteiger partial charge in [0.25, 0.3) is 5.91 Å². The Morgan fingerprint density at radius 2 is 2.15 bits per heavy atom. The van der Waals surface area contributed by atoms with E-state index in [9.17, 15) is 4.79 Å². The minimum absolute atomic E-state index is 0.0971. The number of nitrogens with zero attached hydrogens (tertiary/aromatic N) is 1.